The molecule has 108 valence electrons. The van der Waals surface area contributed by atoms with Crippen molar-refractivity contribution in [1.82, 2.24) is 14.8 Å². The summed E-state index contributed by atoms with van der Waals surface area (Å²) in [6.45, 7) is 7.33. The molecular weight excluding hydrogens is 274 g/mol. The predicted octanol–water partition coefficient (Wildman–Crippen LogP) is 2.37. The van der Waals surface area contributed by atoms with Crippen LogP contribution in [0.3, 0.4) is 0 Å². The number of fused-ring (bicyclic) bond motifs is 1. The zero-order valence-corrected chi connectivity index (χ0v) is 12.9. The molecule has 1 aromatic heterocycles. The number of imide groups is 1. The molecule has 0 aliphatic carbocycles. The SMILES string of the molecule is CC(C)(C)c1nc(CN2C(=O)[C@@H]3CCCN3C2=O)cs1. The van der Waals surface area contributed by atoms with Crippen LogP contribution >= 0.6 is 11.3 Å². The number of aromatic nitrogens is 1. The van der Waals surface area contributed by atoms with E-state index in [1.807, 2.05) is 5.38 Å². The summed E-state index contributed by atoms with van der Waals surface area (Å²) in [5.74, 6) is -0.0576. The molecule has 0 aromatic carbocycles. The lowest BCUT2D eigenvalue weighted by molar-refractivity contribution is -0.128. The van der Waals surface area contributed by atoms with Crippen molar-refractivity contribution in [3.05, 3.63) is 16.1 Å². The number of carbonyl (C=O) groups excluding carboxylic acids is 2. The van der Waals surface area contributed by atoms with E-state index in [-0.39, 0.29) is 23.4 Å². The minimum Gasteiger partial charge on any atom is -0.312 e. The minimum atomic E-state index is -0.219. The second kappa shape index (κ2) is 4.55. The lowest BCUT2D eigenvalue weighted by Crippen LogP contribution is -2.32. The number of carbonyl (C=O) groups is 2. The molecule has 0 saturated carbocycles. The second-order valence-corrected chi connectivity index (χ2v) is 7.31. The summed E-state index contributed by atoms with van der Waals surface area (Å²) in [6, 6.07) is -0.369. The Morgan fingerprint density at radius 1 is 1.40 bits per heavy atom. The number of hydrogen-bond donors (Lipinski definition) is 0. The van der Waals surface area contributed by atoms with E-state index < -0.39 is 0 Å². The monoisotopic (exact) mass is 293 g/mol. The van der Waals surface area contributed by atoms with Crippen LogP contribution < -0.4 is 0 Å². The van der Waals surface area contributed by atoms with E-state index in [0.717, 1.165) is 23.5 Å². The summed E-state index contributed by atoms with van der Waals surface area (Å²) >= 11 is 1.59. The van der Waals surface area contributed by atoms with E-state index in [4.69, 9.17) is 0 Å². The lowest BCUT2D eigenvalue weighted by atomic mass is 9.98. The molecule has 3 rings (SSSR count). The number of urea groups is 1. The van der Waals surface area contributed by atoms with Crippen molar-refractivity contribution < 1.29 is 9.59 Å². The minimum absolute atomic E-state index is 0.00194. The van der Waals surface area contributed by atoms with Gasteiger partial charge in [-0.1, -0.05) is 20.8 Å². The third-order valence-electron chi connectivity index (χ3n) is 3.79. The first-order valence-electron chi connectivity index (χ1n) is 6.95. The molecule has 0 radical (unpaired) electrons. The van der Waals surface area contributed by atoms with Crippen LogP contribution in [0.1, 0.15) is 44.3 Å². The van der Waals surface area contributed by atoms with Crippen LogP contribution in [-0.4, -0.2) is 39.3 Å². The summed E-state index contributed by atoms with van der Waals surface area (Å²) < 4.78 is 0. The second-order valence-electron chi connectivity index (χ2n) is 6.45. The first kappa shape index (κ1) is 13.5. The first-order chi connectivity index (χ1) is 9.38. The van der Waals surface area contributed by atoms with Gasteiger partial charge in [-0.25, -0.2) is 9.78 Å². The van der Waals surface area contributed by atoms with Gasteiger partial charge >= 0.3 is 6.03 Å². The zero-order valence-electron chi connectivity index (χ0n) is 12.0. The Morgan fingerprint density at radius 3 is 2.75 bits per heavy atom. The van der Waals surface area contributed by atoms with Gasteiger partial charge in [-0.15, -0.1) is 11.3 Å². The highest BCUT2D eigenvalue weighted by molar-refractivity contribution is 7.09. The highest BCUT2D eigenvalue weighted by Crippen LogP contribution is 2.30. The van der Waals surface area contributed by atoms with E-state index in [2.05, 4.69) is 25.8 Å². The van der Waals surface area contributed by atoms with Gasteiger partial charge in [0, 0.05) is 17.3 Å². The van der Waals surface area contributed by atoms with Gasteiger partial charge in [0.2, 0.25) is 0 Å². The maximum atomic E-state index is 12.2. The smallest absolute Gasteiger partial charge is 0.312 e. The Kier molecular flexibility index (Phi) is 3.08. The van der Waals surface area contributed by atoms with Gasteiger partial charge in [0.25, 0.3) is 5.91 Å². The van der Waals surface area contributed by atoms with Gasteiger partial charge in [0.05, 0.1) is 17.2 Å². The van der Waals surface area contributed by atoms with Gasteiger partial charge in [-0.2, -0.15) is 0 Å². The molecule has 6 heteroatoms. The fourth-order valence-electron chi connectivity index (χ4n) is 2.71. The summed E-state index contributed by atoms with van der Waals surface area (Å²) in [7, 11) is 0. The van der Waals surface area contributed by atoms with E-state index in [0.29, 0.717) is 13.1 Å². The van der Waals surface area contributed by atoms with Crippen molar-refractivity contribution in [1.29, 1.82) is 0 Å². The molecular formula is C14H19N3O2S. The van der Waals surface area contributed by atoms with Crippen LogP contribution in [0.4, 0.5) is 4.79 Å². The van der Waals surface area contributed by atoms with Crippen LogP contribution in [-0.2, 0) is 16.8 Å². The van der Waals surface area contributed by atoms with Gasteiger partial charge in [-0.05, 0) is 12.8 Å². The molecule has 2 aliphatic heterocycles. The molecule has 1 aromatic rings. The molecule has 2 saturated heterocycles. The average molecular weight is 293 g/mol. The number of amides is 3. The Bertz CT molecular complexity index is 539. The number of hydrogen-bond acceptors (Lipinski definition) is 4. The molecule has 2 fully saturated rings. The molecule has 3 amide bonds. The van der Waals surface area contributed by atoms with Crippen molar-refractivity contribution in [3.8, 4) is 0 Å². The standard InChI is InChI=1S/C14H19N3O2S/c1-14(2,3)12-15-9(8-20-12)7-17-11(18)10-5-4-6-16(10)13(17)19/h8,10H,4-7H2,1-3H3/t10-/m0/s1. The number of rotatable bonds is 2. The topological polar surface area (TPSA) is 53.5 Å². The highest BCUT2D eigenvalue weighted by atomic mass is 32.1. The maximum absolute atomic E-state index is 12.2. The number of thiazole rings is 1. The van der Waals surface area contributed by atoms with Crippen LogP contribution in [0.5, 0.6) is 0 Å². The highest BCUT2D eigenvalue weighted by Gasteiger charge is 2.47. The van der Waals surface area contributed by atoms with Crippen LogP contribution in [0.15, 0.2) is 5.38 Å². The van der Waals surface area contributed by atoms with Crippen molar-refractivity contribution in [2.75, 3.05) is 6.54 Å². The third-order valence-corrected chi connectivity index (χ3v) is 5.11. The van der Waals surface area contributed by atoms with Crippen molar-refractivity contribution in [3.63, 3.8) is 0 Å². The van der Waals surface area contributed by atoms with Crippen LogP contribution in [0, 0.1) is 0 Å². The molecule has 0 spiro atoms. The zero-order chi connectivity index (χ0) is 14.5. The van der Waals surface area contributed by atoms with E-state index in [1.54, 1.807) is 16.2 Å². The Hall–Kier alpha value is -1.43. The lowest BCUT2D eigenvalue weighted by Gasteiger charge is -2.15. The van der Waals surface area contributed by atoms with Gasteiger partial charge in [-0.3, -0.25) is 9.69 Å². The third kappa shape index (κ3) is 2.12. The van der Waals surface area contributed by atoms with Gasteiger partial charge in [0.15, 0.2) is 0 Å². The largest absolute Gasteiger partial charge is 0.327 e. The van der Waals surface area contributed by atoms with Gasteiger partial charge in [0.1, 0.15) is 6.04 Å². The Morgan fingerprint density at radius 2 is 2.15 bits per heavy atom. The van der Waals surface area contributed by atoms with E-state index in [1.165, 1.54) is 4.90 Å². The van der Waals surface area contributed by atoms with E-state index in [9.17, 15) is 9.59 Å². The maximum Gasteiger partial charge on any atom is 0.327 e. The molecule has 1 atom stereocenters. The Labute approximate surface area is 122 Å². The fourth-order valence-corrected chi connectivity index (χ4v) is 3.61. The quantitative estimate of drug-likeness (QED) is 0.787. The summed E-state index contributed by atoms with van der Waals surface area (Å²) in [6.07, 6.45) is 1.73. The molecule has 0 N–H and O–H groups in total. The molecule has 2 aliphatic rings. The molecule has 20 heavy (non-hydrogen) atoms. The molecule has 0 bridgehead atoms. The Balaban J connectivity index is 1.77. The van der Waals surface area contributed by atoms with Crippen molar-refractivity contribution in [2.24, 2.45) is 0 Å². The summed E-state index contributed by atoms with van der Waals surface area (Å²) in [5.41, 5.74) is 0.810. The molecule has 5 nitrogen and oxygen atoms in total. The predicted molar refractivity (Wildman–Crippen MR) is 76.5 cm³/mol. The van der Waals surface area contributed by atoms with Crippen molar-refractivity contribution in [2.45, 2.75) is 51.6 Å². The summed E-state index contributed by atoms with van der Waals surface area (Å²) in [5, 5.41) is 2.98. The van der Waals surface area contributed by atoms with E-state index >= 15 is 0 Å². The molecule has 0 unspecified atom stereocenters. The summed E-state index contributed by atoms with van der Waals surface area (Å²) in [4.78, 5) is 32.1. The number of nitrogens with zero attached hydrogens (tertiary/aromatic N) is 3. The van der Waals surface area contributed by atoms with Crippen molar-refractivity contribution >= 4 is 23.3 Å². The average Bonchev–Trinajstić information content (AvgIpc) is 3.05. The van der Waals surface area contributed by atoms with Crippen LogP contribution in [0.2, 0.25) is 0 Å². The first-order valence-corrected chi connectivity index (χ1v) is 7.83. The normalized spacial score (nSPS) is 22.9. The molecule has 3 heterocycles. The fraction of sp³-hybridized carbons (Fsp3) is 0.643. The van der Waals surface area contributed by atoms with Gasteiger partial charge < -0.3 is 4.90 Å². The van der Waals surface area contributed by atoms with Crippen LogP contribution in [0.25, 0.3) is 0 Å².